The van der Waals surface area contributed by atoms with E-state index in [1.807, 2.05) is 0 Å². The number of ether oxygens (including phenoxy) is 1. The summed E-state index contributed by atoms with van der Waals surface area (Å²) in [6.45, 7) is 1.56. The number of carbonyl (C=O) groups is 1. The van der Waals surface area contributed by atoms with Crippen LogP contribution in [0.4, 0.5) is 0 Å². The molecule has 0 fully saturated rings. The molecule has 0 aromatic heterocycles. The maximum absolute atomic E-state index is 10.7. The van der Waals surface area contributed by atoms with Gasteiger partial charge in [-0.25, -0.2) is 0 Å². The van der Waals surface area contributed by atoms with E-state index in [1.165, 1.54) is 14.0 Å². The first kappa shape index (κ1) is 12.8. The highest BCUT2D eigenvalue weighted by Gasteiger charge is 2.10. The van der Waals surface area contributed by atoms with Crippen molar-refractivity contribution in [2.24, 2.45) is 0 Å². The Bertz CT molecular complexity index is 381. The van der Waals surface area contributed by atoms with Crippen molar-refractivity contribution >= 4 is 17.5 Å². The Labute approximate surface area is 99.2 Å². The Kier molecular flexibility index (Phi) is 4.58. The molecule has 0 bridgehead atoms. The van der Waals surface area contributed by atoms with Crippen LogP contribution in [0.15, 0.2) is 18.2 Å². The Morgan fingerprint density at radius 1 is 1.62 bits per heavy atom. The Hall–Kier alpha value is -1.26. The number of benzene rings is 1. The molecule has 1 atom stereocenters. The Morgan fingerprint density at radius 3 is 2.81 bits per heavy atom. The van der Waals surface area contributed by atoms with Crippen LogP contribution in [0.1, 0.15) is 18.6 Å². The average Bonchev–Trinajstić information content (AvgIpc) is 2.25. The molecule has 88 valence electrons. The zero-order chi connectivity index (χ0) is 12.1. The van der Waals surface area contributed by atoms with E-state index in [-0.39, 0.29) is 12.5 Å². The lowest BCUT2D eigenvalue weighted by molar-refractivity contribution is -0.119. The van der Waals surface area contributed by atoms with Gasteiger partial charge in [-0.15, -0.1) is 0 Å². The Balaban J connectivity index is 2.72. The molecule has 0 aliphatic heterocycles. The monoisotopic (exact) mass is 243 g/mol. The molecule has 0 saturated carbocycles. The molecule has 1 aromatic rings. The molecule has 1 amide bonds. The predicted molar refractivity (Wildman–Crippen MR) is 61.6 cm³/mol. The predicted octanol–water partition coefficient (Wildman–Crippen LogP) is 1.52. The van der Waals surface area contributed by atoms with E-state index < -0.39 is 6.10 Å². The maximum atomic E-state index is 10.7. The van der Waals surface area contributed by atoms with Gasteiger partial charge in [0.15, 0.2) is 0 Å². The van der Waals surface area contributed by atoms with Crippen molar-refractivity contribution in [3.63, 3.8) is 0 Å². The van der Waals surface area contributed by atoms with Crippen LogP contribution in [0, 0.1) is 0 Å². The summed E-state index contributed by atoms with van der Waals surface area (Å²) < 4.78 is 4.99. The summed E-state index contributed by atoms with van der Waals surface area (Å²) in [5, 5.41) is 12.7. The van der Waals surface area contributed by atoms with Crippen molar-refractivity contribution in [3.8, 4) is 5.75 Å². The summed E-state index contributed by atoms with van der Waals surface area (Å²) in [6, 6.07) is 5.00. The fraction of sp³-hybridized carbons (Fsp3) is 0.364. The molecule has 0 saturated heterocycles. The molecule has 1 rings (SSSR count). The van der Waals surface area contributed by atoms with E-state index in [1.54, 1.807) is 18.2 Å². The van der Waals surface area contributed by atoms with Gasteiger partial charge in [0.25, 0.3) is 0 Å². The van der Waals surface area contributed by atoms with Gasteiger partial charge in [-0.05, 0) is 17.7 Å². The van der Waals surface area contributed by atoms with Crippen molar-refractivity contribution in [1.82, 2.24) is 5.32 Å². The Morgan fingerprint density at radius 2 is 2.31 bits per heavy atom. The molecule has 0 aliphatic rings. The molecular formula is C11H14ClNO3. The minimum absolute atomic E-state index is 0.165. The summed E-state index contributed by atoms with van der Waals surface area (Å²) in [5.41, 5.74) is 0.638. The smallest absolute Gasteiger partial charge is 0.216 e. The van der Waals surface area contributed by atoms with Crippen LogP contribution in [-0.2, 0) is 4.79 Å². The number of methoxy groups -OCH3 is 1. The second kappa shape index (κ2) is 5.72. The molecule has 0 heterocycles. The summed E-state index contributed by atoms with van der Waals surface area (Å²) in [4.78, 5) is 10.7. The van der Waals surface area contributed by atoms with E-state index in [0.717, 1.165) is 0 Å². The number of halogens is 1. The average molecular weight is 244 g/mol. The summed E-state index contributed by atoms with van der Waals surface area (Å²) in [5.74, 6) is 0.371. The van der Waals surface area contributed by atoms with Gasteiger partial charge in [-0.1, -0.05) is 17.7 Å². The maximum Gasteiger partial charge on any atom is 0.216 e. The molecule has 4 nitrogen and oxygen atoms in total. The number of carbonyl (C=O) groups excluding carboxylic acids is 1. The van der Waals surface area contributed by atoms with Crippen molar-refractivity contribution in [1.29, 1.82) is 0 Å². The van der Waals surface area contributed by atoms with Crippen LogP contribution in [0.5, 0.6) is 5.75 Å². The fourth-order valence-electron chi connectivity index (χ4n) is 1.25. The van der Waals surface area contributed by atoms with Crippen LogP contribution in [-0.4, -0.2) is 24.7 Å². The van der Waals surface area contributed by atoms with Gasteiger partial charge < -0.3 is 15.2 Å². The highest BCUT2D eigenvalue weighted by Crippen LogP contribution is 2.27. The second-order valence-electron chi connectivity index (χ2n) is 3.35. The first-order valence-corrected chi connectivity index (χ1v) is 5.18. The number of aliphatic hydroxyl groups excluding tert-OH is 1. The molecule has 0 radical (unpaired) electrons. The number of nitrogens with one attached hydrogen (secondary N) is 1. The number of hydrogen-bond donors (Lipinski definition) is 2. The van der Waals surface area contributed by atoms with Crippen molar-refractivity contribution in [2.75, 3.05) is 13.7 Å². The number of amides is 1. The fourth-order valence-corrected chi connectivity index (χ4v) is 1.51. The number of aliphatic hydroxyl groups is 1. The third-order valence-corrected chi connectivity index (χ3v) is 2.40. The van der Waals surface area contributed by atoms with Gasteiger partial charge in [0.2, 0.25) is 5.91 Å². The van der Waals surface area contributed by atoms with Crippen LogP contribution >= 0.6 is 11.6 Å². The summed E-state index contributed by atoms with van der Waals surface area (Å²) in [7, 11) is 1.52. The van der Waals surface area contributed by atoms with Crippen LogP contribution in [0.3, 0.4) is 0 Å². The first-order chi connectivity index (χ1) is 7.54. The largest absolute Gasteiger partial charge is 0.495 e. The molecular weight excluding hydrogens is 230 g/mol. The van der Waals surface area contributed by atoms with Gasteiger partial charge in [0, 0.05) is 13.5 Å². The summed E-state index contributed by atoms with van der Waals surface area (Å²) >= 11 is 5.91. The zero-order valence-corrected chi connectivity index (χ0v) is 9.91. The van der Waals surface area contributed by atoms with Gasteiger partial charge in [0.1, 0.15) is 5.75 Å². The SMILES string of the molecule is COc1ccc(C(O)CNC(C)=O)cc1Cl. The van der Waals surface area contributed by atoms with Crippen molar-refractivity contribution in [2.45, 2.75) is 13.0 Å². The van der Waals surface area contributed by atoms with Crippen LogP contribution < -0.4 is 10.1 Å². The number of rotatable bonds is 4. The van der Waals surface area contributed by atoms with E-state index >= 15 is 0 Å². The second-order valence-corrected chi connectivity index (χ2v) is 3.75. The van der Waals surface area contributed by atoms with Gasteiger partial charge in [-0.2, -0.15) is 0 Å². The van der Waals surface area contributed by atoms with Gasteiger partial charge in [0.05, 0.1) is 18.2 Å². The molecule has 2 N–H and O–H groups in total. The minimum atomic E-state index is -0.771. The molecule has 5 heteroatoms. The normalized spacial score (nSPS) is 12.0. The number of hydrogen-bond acceptors (Lipinski definition) is 3. The molecule has 1 unspecified atom stereocenters. The van der Waals surface area contributed by atoms with E-state index in [4.69, 9.17) is 16.3 Å². The minimum Gasteiger partial charge on any atom is -0.495 e. The van der Waals surface area contributed by atoms with Crippen LogP contribution in [0.25, 0.3) is 0 Å². The van der Waals surface area contributed by atoms with E-state index in [9.17, 15) is 9.90 Å². The standard InChI is InChI=1S/C11H14ClNO3/c1-7(14)13-6-10(15)8-3-4-11(16-2)9(12)5-8/h3-5,10,15H,6H2,1-2H3,(H,13,14). The highest BCUT2D eigenvalue weighted by molar-refractivity contribution is 6.32. The quantitative estimate of drug-likeness (QED) is 0.843. The summed E-state index contributed by atoms with van der Waals surface area (Å²) in [6.07, 6.45) is -0.771. The van der Waals surface area contributed by atoms with Crippen molar-refractivity contribution < 1.29 is 14.6 Å². The lowest BCUT2D eigenvalue weighted by atomic mass is 10.1. The third-order valence-electron chi connectivity index (χ3n) is 2.10. The lowest BCUT2D eigenvalue weighted by Gasteiger charge is -2.12. The molecule has 1 aromatic carbocycles. The van der Waals surface area contributed by atoms with Gasteiger partial charge >= 0.3 is 0 Å². The molecule has 0 aliphatic carbocycles. The zero-order valence-electron chi connectivity index (χ0n) is 9.16. The topological polar surface area (TPSA) is 58.6 Å². The highest BCUT2D eigenvalue weighted by atomic mass is 35.5. The van der Waals surface area contributed by atoms with E-state index in [2.05, 4.69) is 5.32 Å². The molecule has 16 heavy (non-hydrogen) atoms. The van der Waals surface area contributed by atoms with Crippen LogP contribution in [0.2, 0.25) is 5.02 Å². The van der Waals surface area contributed by atoms with E-state index in [0.29, 0.717) is 16.3 Å². The van der Waals surface area contributed by atoms with Crippen molar-refractivity contribution in [3.05, 3.63) is 28.8 Å². The lowest BCUT2D eigenvalue weighted by Crippen LogP contribution is -2.25. The first-order valence-electron chi connectivity index (χ1n) is 4.80. The van der Waals surface area contributed by atoms with Gasteiger partial charge in [-0.3, -0.25) is 4.79 Å². The molecule has 0 spiro atoms. The third kappa shape index (κ3) is 3.40.